The molecule has 1 fully saturated rings. The molecule has 0 spiro atoms. The van der Waals surface area contributed by atoms with Gasteiger partial charge in [0.05, 0.1) is 24.2 Å². The highest BCUT2D eigenvalue weighted by Gasteiger charge is 2.45. The van der Waals surface area contributed by atoms with Gasteiger partial charge >= 0.3 is 6.18 Å². The van der Waals surface area contributed by atoms with Crippen molar-refractivity contribution >= 4 is 5.91 Å². The number of nitrogens with one attached hydrogen (secondary N) is 1. The van der Waals surface area contributed by atoms with Crippen molar-refractivity contribution in [3.8, 4) is 5.69 Å². The number of benzene rings is 1. The lowest BCUT2D eigenvalue weighted by atomic mass is 9.84. The molecule has 1 heterocycles. The highest BCUT2D eigenvalue weighted by atomic mass is 19.4. The van der Waals surface area contributed by atoms with E-state index >= 15 is 0 Å². The van der Waals surface area contributed by atoms with Crippen molar-refractivity contribution in [3.05, 3.63) is 48.3 Å². The molecule has 1 aromatic carbocycles. The smallest absolute Gasteiger partial charge is 0.352 e. The van der Waals surface area contributed by atoms with E-state index in [0.717, 1.165) is 5.69 Å². The number of hydrogen-bond donors (Lipinski definition) is 1. The van der Waals surface area contributed by atoms with Gasteiger partial charge in [-0.05, 0) is 30.5 Å². The maximum absolute atomic E-state index is 13.1. The first-order valence-corrected chi connectivity index (χ1v) is 8.38. The van der Waals surface area contributed by atoms with Crippen LogP contribution in [0.3, 0.4) is 0 Å². The topological polar surface area (TPSA) is 46.9 Å². The molecule has 1 amide bonds. The minimum absolute atomic E-state index is 0.0217. The lowest BCUT2D eigenvalue weighted by Gasteiger charge is -2.33. The Balaban J connectivity index is 1.62. The fourth-order valence-electron chi connectivity index (χ4n) is 3.31. The number of carbonyl (C=O) groups is 1. The summed E-state index contributed by atoms with van der Waals surface area (Å²) in [5.41, 5.74) is 1.53. The van der Waals surface area contributed by atoms with Crippen molar-refractivity contribution < 1.29 is 18.0 Å². The molecule has 3 rings (SSSR count). The summed E-state index contributed by atoms with van der Waals surface area (Å²) >= 11 is 0. The molecular formula is C18H20F3N3O. The Morgan fingerprint density at radius 1 is 1.20 bits per heavy atom. The van der Waals surface area contributed by atoms with Gasteiger partial charge in [0, 0.05) is 12.2 Å². The minimum atomic E-state index is -4.27. The summed E-state index contributed by atoms with van der Waals surface area (Å²) in [7, 11) is 0. The molecule has 134 valence electrons. The molecule has 0 saturated heterocycles. The fraction of sp³-hybridized carbons (Fsp3) is 0.444. The lowest BCUT2D eigenvalue weighted by Crippen LogP contribution is -2.48. The van der Waals surface area contributed by atoms with Crippen LogP contribution in [0.1, 0.15) is 31.2 Å². The molecule has 0 radical (unpaired) electrons. The third kappa shape index (κ3) is 4.41. The molecule has 25 heavy (non-hydrogen) atoms. The number of alkyl halides is 3. The van der Waals surface area contributed by atoms with Crippen molar-refractivity contribution in [1.29, 1.82) is 0 Å². The molecule has 2 aromatic rings. The SMILES string of the molecule is O=C(Cc1cnn(-c2ccccc2)c1)N[C@@H]1CCCC[C@@H]1C(F)(F)F. The molecule has 1 aliphatic rings. The summed E-state index contributed by atoms with van der Waals surface area (Å²) in [6, 6.07) is 8.58. The van der Waals surface area contributed by atoms with Crippen LogP contribution in [-0.2, 0) is 11.2 Å². The highest BCUT2D eigenvalue weighted by molar-refractivity contribution is 5.78. The third-order valence-electron chi connectivity index (χ3n) is 4.55. The first-order chi connectivity index (χ1) is 11.9. The van der Waals surface area contributed by atoms with Gasteiger partial charge in [0.15, 0.2) is 0 Å². The van der Waals surface area contributed by atoms with E-state index in [0.29, 0.717) is 24.8 Å². The van der Waals surface area contributed by atoms with Gasteiger partial charge in [-0.25, -0.2) is 4.68 Å². The predicted molar refractivity (Wildman–Crippen MR) is 87.2 cm³/mol. The fourth-order valence-corrected chi connectivity index (χ4v) is 3.31. The van der Waals surface area contributed by atoms with Crippen LogP contribution in [0, 0.1) is 5.92 Å². The molecule has 1 aliphatic carbocycles. The maximum atomic E-state index is 13.1. The quantitative estimate of drug-likeness (QED) is 0.914. The highest BCUT2D eigenvalue weighted by Crippen LogP contribution is 2.37. The second-order valence-electron chi connectivity index (χ2n) is 6.41. The first kappa shape index (κ1) is 17.5. The largest absolute Gasteiger partial charge is 0.393 e. The summed E-state index contributed by atoms with van der Waals surface area (Å²) in [5.74, 6) is -1.84. The monoisotopic (exact) mass is 351 g/mol. The Kier molecular flexibility index (Phi) is 5.11. The second kappa shape index (κ2) is 7.29. The molecule has 0 aliphatic heterocycles. The minimum Gasteiger partial charge on any atom is -0.352 e. The van der Waals surface area contributed by atoms with E-state index in [1.165, 1.54) is 0 Å². The Hall–Kier alpha value is -2.31. The Morgan fingerprint density at radius 2 is 1.92 bits per heavy atom. The lowest BCUT2D eigenvalue weighted by molar-refractivity contribution is -0.189. The number of aromatic nitrogens is 2. The third-order valence-corrected chi connectivity index (χ3v) is 4.55. The standard InChI is InChI=1S/C18H20F3N3O/c19-18(20,21)15-8-4-5-9-16(15)23-17(25)10-13-11-22-24(12-13)14-6-2-1-3-7-14/h1-3,6-7,11-12,15-16H,4-5,8-10H2,(H,23,25)/t15-,16+/m0/s1. The van der Waals surface area contributed by atoms with E-state index in [4.69, 9.17) is 0 Å². The Bertz CT molecular complexity index is 712. The summed E-state index contributed by atoms with van der Waals surface area (Å²) in [6.07, 6.45) is 0.764. The number of rotatable bonds is 4. The van der Waals surface area contributed by atoms with Crippen LogP contribution in [-0.4, -0.2) is 27.9 Å². The van der Waals surface area contributed by atoms with Gasteiger partial charge in [-0.15, -0.1) is 0 Å². The predicted octanol–water partition coefficient (Wildman–Crippen LogP) is 3.65. The van der Waals surface area contributed by atoms with Gasteiger partial charge in [-0.3, -0.25) is 4.79 Å². The van der Waals surface area contributed by atoms with Gasteiger partial charge in [-0.2, -0.15) is 18.3 Å². The van der Waals surface area contributed by atoms with E-state index in [9.17, 15) is 18.0 Å². The molecule has 1 N–H and O–H groups in total. The molecule has 0 bridgehead atoms. The average molecular weight is 351 g/mol. The van der Waals surface area contributed by atoms with E-state index in [1.807, 2.05) is 30.3 Å². The molecule has 0 unspecified atom stereocenters. The van der Waals surface area contributed by atoms with Gasteiger partial charge in [-0.1, -0.05) is 31.0 Å². The maximum Gasteiger partial charge on any atom is 0.393 e. The molecule has 7 heteroatoms. The molecular weight excluding hydrogens is 331 g/mol. The number of nitrogens with zero attached hydrogens (tertiary/aromatic N) is 2. The number of carbonyl (C=O) groups excluding carboxylic acids is 1. The number of halogens is 3. The Morgan fingerprint density at radius 3 is 2.64 bits per heavy atom. The van der Waals surface area contributed by atoms with Crippen LogP contribution >= 0.6 is 0 Å². The summed E-state index contributed by atoms with van der Waals surface area (Å²) in [5, 5.41) is 6.77. The van der Waals surface area contributed by atoms with Crippen molar-refractivity contribution in [3.63, 3.8) is 0 Å². The molecule has 2 atom stereocenters. The van der Waals surface area contributed by atoms with E-state index < -0.39 is 24.0 Å². The summed E-state index contributed by atoms with van der Waals surface area (Å²) in [4.78, 5) is 12.2. The molecule has 4 nitrogen and oxygen atoms in total. The normalized spacial score (nSPS) is 21.1. The summed E-state index contributed by atoms with van der Waals surface area (Å²) < 4.78 is 40.9. The zero-order valence-corrected chi connectivity index (χ0v) is 13.7. The van der Waals surface area contributed by atoms with Crippen molar-refractivity contribution in [2.45, 2.75) is 44.3 Å². The first-order valence-electron chi connectivity index (χ1n) is 8.38. The van der Waals surface area contributed by atoms with Gasteiger partial charge < -0.3 is 5.32 Å². The van der Waals surface area contributed by atoms with Crippen LogP contribution < -0.4 is 5.32 Å². The molecule has 1 aromatic heterocycles. The number of hydrogen-bond acceptors (Lipinski definition) is 2. The average Bonchev–Trinajstić information content (AvgIpc) is 3.03. The van der Waals surface area contributed by atoms with Crippen LogP contribution in [0.15, 0.2) is 42.7 Å². The Labute approximate surface area is 144 Å². The number of amides is 1. The van der Waals surface area contributed by atoms with Gasteiger partial charge in [0.2, 0.25) is 5.91 Å². The number of para-hydroxylation sites is 1. The van der Waals surface area contributed by atoms with Crippen molar-refractivity contribution in [2.24, 2.45) is 5.92 Å². The van der Waals surface area contributed by atoms with E-state index in [2.05, 4.69) is 10.4 Å². The van der Waals surface area contributed by atoms with E-state index in [1.54, 1.807) is 17.1 Å². The van der Waals surface area contributed by atoms with Crippen molar-refractivity contribution in [2.75, 3.05) is 0 Å². The zero-order valence-electron chi connectivity index (χ0n) is 13.7. The van der Waals surface area contributed by atoms with Gasteiger partial charge in [0.1, 0.15) is 0 Å². The van der Waals surface area contributed by atoms with E-state index in [-0.39, 0.29) is 12.8 Å². The van der Waals surface area contributed by atoms with Crippen molar-refractivity contribution in [1.82, 2.24) is 15.1 Å². The van der Waals surface area contributed by atoms with Crippen LogP contribution in [0.4, 0.5) is 13.2 Å². The van der Waals surface area contributed by atoms with Crippen LogP contribution in [0.25, 0.3) is 5.69 Å². The van der Waals surface area contributed by atoms with Crippen LogP contribution in [0.5, 0.6) is 0 Å². The molecule has 1 saturated carbocycles. The van der Waals surface area contributed by atoms with Gasteiger partial charge in [0.25, 0.3) is 0 Å². The second-order valence-corrected chi connectivity index (χ2v) is 6.41. The van der Waals surface area contributed by atoms with Crippen LogP contribution in [0.2, 0.25) is 0 Å². The summed E-state index contributed by atoms with van der Waals surface area (Å²) in [6.45, 7) is 0. The zero-order chi connectivity index (χ0) is 17.9.